The van der Waals surface area contributed by atoms with Crippen LogP contribution in [-0.2, 0) is 17.8 Å². The van der Waals surface area contributed by atoms with Crippen molar-refractivity contribution in [1.82, 2.24) is 10.2 Å². The fourth-order valence-electron chi connectivity index (χ4n) is 3.20. The van der Waals surface area contributed by atoms with Crippen LogP contribution in [0.3, 0.4) is 0 Å². The summed E-state index contributed by atoms with van der Waals surface area (Å²) < 4.78 is 10.7. The number of hydrogen-bond donors (Lipinski definition) is 2. The maximum Gasteiger partial charge on any atom is 0.240 e. The highest BCUT2D eigenvalue weighted by molar-refractivity contribution is 5.82. The van der Waals surface area contributed by atoms with E-state index in [1.807, 2.05) is 17.0 Å². The lowest BCUT2D eigenvalue weighted by molar-refractivity contribution is -0.134. The predicted octanol–water partition coefficient (Wildman–Crippen LogP) is 0.311. The van der Waals surface area contributed by atoms with Crippen LogP contribution in [0.4, 0.5) is 0 Å². The largest absolute Gasteiger partial charge is 0.493 e. The Morgan fingerprint density at radius 1 is 1.27 bits per heavy atom. The second-order valence-corrected chi connectivity index (χ2v) is 5.84. The molecule has 0 aliphatic carbocycles. The Balaban J connectivity index is 1.77. The van der Waals surface area contributed by atoms with Crippen molar-refractivity contribution in [3.8, 4) is 11.5 Å². The van der Waals surface area contributed by atoms with Crippen molar-refractivity contribution in [2.45, 2.75) is 31.5 Å². The van der Waals surface area contributed by atoms with Crippen molar-refractivity contribution in [1.29, 1.82) is 0 Å². The van der Waals surface area contributed by atoms with Crippen LogP contribution in [0.15, 0.2) is 12.1 Å². The lowest BCUT2D eigenvalue weighted by Gasteiger charge is -2.31. The number of benzene rings is 1. The molecule has 6 nitrogen and oxygen atoms in total. The van der Waals surface area contributed by atoms with Crippen molar-refractivity contribution in [3.63, 3.8) is 0 Å². The molecule has 2 aliphatic rings. The monoisotopic (exact) mass is 306 g/mol. The van der Waals surface area contributed by atoms with Crippen LogP contribution in [0.25, 0.3) is 0 Å². The number of rotatable bonds is 3. The lowest BCUT2D eigenvalue weighted by atomic mass is 9.98. The summed E-state index contributed by atoms with van der Waals surface area (Å²) in [5, 5.41) is 12.6. The minimum Gasteiger partial charge on any atom is -0.493 e. The van der Waals surface area contributed by atoms with Crippen LogP contribution in [-0.4, -0.2) is 55.4 Å². The van der Waals surface area contributed by atoms with E-state index >= 15 is 0 Å². The van der Waals surface area contributed by atoms with Crippen molar-refractivity contribution in [3.05, 3.63) is 23.3 Å². The Morgan fingerprint density at radius 3 is 2.55 bits per heavy atom. The van der Waals surface area contributed by atoms with Crippen LogP contribution in [0, 0.1) is 0 Å². The van der Waals surface area contributed by atoms with Crippen LogP contribution < -0.4 is 14.8 Å². The zero-order chi connectivity index (χ0) is 15.7. The topological polar surface area (TPSA) is 71.0 Å². The summed E-state index contributed by atoms with van der Waals surface area (Å²) in [5.74, 6) is 1.48. The number of ether oxygens (including phenoxy) is 2. The van der Waals surface area contributed by atoms with Gasteiger partial charge in [0.15, 0.2) is 11.5 Å². The summed E-state index contributed by atoms with van der Waals surface area (Å²) in [7, 11) is 3.24. The Labute approximate surface area is 130 Å². The number of aliphatic hydroxyl groups excluding tert-OH is 1. The van der Waals surface area contributed by atoms with E-state index in [1.54, 1.807) is 14.2 Å². The highest BCUT2D eigenvalue weighted by Crippen LogP contribution is 2.33. The minimum absolute atomic E-state index is 0.0667. The third-order valence-electron chi connectivity index (χ3n) is 4.44. The normalized spacial score (nSPS) is 24.0. The number of carbonyl (C=O) groups excluding carboxylic acids is 1. The number of nitrogens with one attached hydrogen (secondary N) is 1. The fraction of sp³-hybridized carbons (Fsp3) is 0.562. The zero-order valence-corrected chi connectivity index (χ0v) is 13.0. The summed E-state index contributed by atoms with van der Waals surface area (Å²) in [6.07, 6.45) is 0.876. The van der Waals surface area contributed by atoms with E-state index < -0.39 is 6.10 Å². The molecule has 0 spiro atoms. The van der Waals surface area contributed by atoms with Crippen molar-refractivity contribution in [2.24, 2.45) is 0 Å². The molecule has 1 aromatic carbocycles. The molecule has 3 rings (SSSR count). The smallest absolute Gasteiger partial charge is 0.240 e. The molecular weight excluding hydrogens is 284 g/mol. The molecule has 6 heteroatoms. The molecule has 2 atom stereocenters. The summed E-state index contributed by atoms with van der Waals surface area (Å²) in [6.45, 7) is 1.75. The Morgan fingerprint density at radius 2 is 1.95 bits per heavy atom. The average Bonchev–Trinajstić information content (AvgIpc) is 2.98. The minimum atomic E-state index is -0.421. The second kappa shape index (κ2) is 6.14. The molecule has 1 saturated heterocycles. The molecule has 120 valence electrons. The van der Waals surface area contributed by atoms with Crippen molar-refractivity contribution >= 4 is 5.91 Å². The first kappa shape index (κ1) is 15.1. The Kier molecular flexibility index (Phi) is 4.22. The number of amides is 1. The van der Waals surface area contributed by atoms with Crippen molar-refractivity contribution in [2.75, 3.05) is 27.3 Å². The van der Waals surface area contributed by atoms with E-state index in [9.17, 15) is 9.90 Å². The van der Waals surface area contributed by atoms with Gasteiger partial charge >= 0.3 is 0 Å². The first-order valence-corrected chi connectivity index (χ1v) is 7.56. The number of nitrogens with zero attached hydrogens (tertiary/aromatic N) is 1. The molecule has 2 heterocycles. The van der Waals surface area contributed by atoms with Crippen LogP contribution in [0.5, 0.6) is 11.5 Å². The summed E-state index contributed by atoms with van der Waals surface area (Å²) >= 11 is 0. The van der Waals surface area contributed by atoms with Gasteiger partial charge in [0.25, 0.3) is 0 Å². The van der Waals surface area contributed by atoms with Gasteiger partial charge in [-0.05, 0) is 36.1 Å². The summed E-state index contributed by atoms with van der Waals surface area (Å²) in [5.41, 5.74) is 2.29. The number of β-amino-alcohol motifs (C(OH)–C–C–N with tert-alkyl or cyclic N) is 1. The molecule has 2 N–H and O–H groups in total. The maximum absolute atomic E-state index is 12.5. The van der Waals surface area contributed by atoms with E-state index in [1.165, 1.54) is 5.56 Å². The Hall–Kier alpha value is -1.79. The second-order valence-electron chi connectivity index (χ2n) is 5.84. The van der Waals surface area contributed by atoms with E-state index in [2.05, 4.69) is 5.32 Å². The summed E-state index contributed by atoms with van der Waals surface area (Å²) in [6, 6.07) is 3.68. The summed E-state index contributed by atoms with van der Waals surface area (Å²) in [4.78, 5) is 14.4. The third kappa shape index (κ3) is 2.76. The molecule has 0 unspecified atom stereocenters. The van der Waals surface area contributed by atoms with Gasteiger partial charge in [0.05, 0.1) is 26.4 Å². The Bertz CT molecular complexity index is 576. The quantitative estimate of drug-likeness (QED) is 0.841. The highest BCUT2D eigenvalue weighted by Gasteiger charge is 2.33. The number of carbonyl (C=O) groups is 1. The maximum atomic E-state index is 12.5. The van der Waals surface area contributed by atoms with Gasteiger partial charge in [0.2, 0.25) is 5.91 Å². The number of fused-ring (bicyclic) bond motifs is 1. The van der Waals surface area contributed by atoms with E-state index in [4.69, 9.17) is 9.47 Å². The number of hydrogen-bond acceptors (Lipinski definition) is 5. The molecule has 0 aromatic heterocycles. The van der Waals surface area contributed by atoms with Gasteiger partial charge in [0.1, 0.15) is 0 Å². The molecule has 2 aliphatic heterocycles. The molecule has 0 saturated carbocycles. The van der Waals surface area contributed by atoms with E-state index in [0.29, 0.717) is 31.8 Å². The van der Waals surface area contributed by atoms with Crippen LogP contribution in [0.1, 0.15) is 17.5 Å². The lowest BCUT2D eigenvalue weighted by Crippen LogP contribution is -2.45. The predicted molar refractivity (Wildman–Crippen MR) is 81.1 cm³/mol. The van der Waals surface area contributed by atoms with Gasteiger partial charge < -0.3 is 24.8 Å². The van der Waals surface area contributed by atoms with Gasteiger partial charge in [0, 0.05) is 19.6 Å². The molecule has 22 heavy (non-hydrogen) atoms. The van der Waals surface area contributed by atoms with Crippen LogP contribution >= 0.6 is 0 Å². The molecule has 1 fully saturated rings. The van der Waals surface area contributed by atoms with Gasteiger partial charge in [-0.3, -0.25) is 4.79 Å². The van der Waals surface area contributed by atoms with Gasteiger partial charge in [-0.15, -0.1) is 0 Å². The van der Waals surface area contributed by atoms with E-state index in [0.717, 1.165) is 17.7 Å². The van der Waals surface area contributed by atoms with Crippen LogP contribution in [0.2, 0.25) is 0 Å². The first-order chi connectivity index (χ1) is 10.6. The molecular formula is C16H22N2O4. The first-order valence-electron chi connectivity index (χ1n) is 7.56. The molecule has 1 aromatic rings. The SMILES string of the molecule is COc1cc2c(cc1OC)CN(C(=O)[C@@H]1C[C@H](O)CN1)CC2. The van der Waals surface area contributed by atoms with Gasteiger partial charge in [-0.1, -0.05) is 0 Å². The van der Waals surface area contributed by atoms with Crippen molar-refractivity contribution < 1.29 is 19.4 Å². The van der Waals surface area contributed by atoms with Gasteiger partial charge in [-0.25, -0.2) is 0 Å². The molecule has 0 bridgehead atoms. The number of aliphatic hydroxyl groups is 1. The average molecular weight is 306 g/mol. The zero-order valence-electron chi connectivity index (χ0n) is 13.0. The molecule has 0 radical (unpaired) electrons. The standard InChI is InChI=1S/C16H22N2O4/c1-21-14-5-10-3-4-18(9-11(10)6-15(14)22-2)16(20)13-7-12(19)8-17-13/h5-6,12-13,17,19H,3-4,7-9H2,1-2H3/t12-,13-/m0/s1. The number of methoxy groups -OCH3 is 2. The third-order valence-corrected chi connectivity index (χ3v) is 4.44. The van der Waals surface area contributed by atoms with Gasteiger partial charge in [-0.2, -0.15) is 0 Å². The highest BCUT2D eigenvalue weighted by atomic mass is 16.5. The molecule has 1 amide bonds. The van der Waals surface area contributed by atoms with E-state index in [-0.39, 0.29) is 11.9 Å². The fourth-order valence-corrected chi connectivity index (χ4v) is 3.20.